The molecule has 1 heterocycles. The summed E-state index contributed by atoms with van der Waals surface area (Å²) in [6.07, 6.45) is -11.9. The molecule has 2 fully saturated rings. The van der Waals surface area contributed by atoms with E-state index in [4.69, 9.17) is 0 Å². The van der Waals surface area contributed by atoms with E-state index >= 15 is 0 Å². The minimum atomic E-state index is -5.21. The third-order valence-electron chi connectivity index (χ3n) is 7.35. The van der Waals surface area contributed by atoms with Crippen molar-refractivity contribution in [2.75, 3.05) is 31.9 Å². The van der Waals surface area contributed by atoms with Gasteiger partial charge in [0, 0.05) is 56.5 Å². The van der Waals surface area contributed by atoms with Crippen LogP contribution in [0.25, 0.3) is 0 Å². The van der Waals surface area contributed by atoms with Gasteiger partial charge in [-0.25, -0.2) is 17.2 Å². The fourth-order valence-corrected chi connectivity index (χ4v) is 6.19. The van der Waals surface area contributed by atoms with Gasteiger partial charge in [0.25, 0.3) is 0 Å². The van der Waals surface area contributed by atoms with Gasteiger partial charge in [0.15, 0.2) is 5.78 Å². The number of piperazine rings is 1. The van der Waals surface area contributed by atoms with Gasteiger partial charge in [-0.1, -0.05) is 6.07 Å². The monoisotopic (exact) mass is 564 g/mol. The second kappa shape index (κ2) is 10.4. The maximum Gasteiger partial charge on any atom is 0.417 e. The lowest BCUT2D eigenvalue weighted by molar-refractivity contribution is -0.143. The average molecular weight is 565 g/mol. The van der Waals surface area contributed by atoms with Crippen LogP contribution in [-0.4, -0.2) is 66.8 Å². The average Bonchev–Trinajstić information content (AvgIpc) is 2.82. The summed E-state index contributed by atoms with van der Waals surface area (Å²) in [5, 5.41) is 0. The van der Waals surface area contributed by atoms with Gasteiger partial charge in [0.05, 0.1) is 16.9 Å². The number of hydrogen-bond donors (Lipinski definition) is 0. The van der Waals surface area contributed by atoms with E-state index in [9.17, 15) is 48.3 Å². The van der Waals surface area contributed by atoms with Crippen LogP contribution >= 0.6 is 0 Å². The van der Waals surface area contributed by atoms with Crippen molar-refractivity contribution in [3.8, 4) is 0 Å². The van der Waals surface area contributed by atoms with E-state index in [2.05, 4.69) is 0 Å². The molecule has 0 atom stereocenters. The largest absolute Gasteiger partial charge is 0.417 e. The second-order valence-electron chi connectivity index (χ2n) is 9.55. The lowest BCUT2D eigenvalue weighted by atomic mass is 9.74. The number of alkyl halides is 8. The molecule has 0 amide bonds. The number of hydrogen-bond acceptors (Lipinski definition) is 4. The molecular formula is C23H28F8N2O3S. The molecule has 3 rings (SSSR count). The van der Waals surface area contributed by atoms with Crippen LogP contribution in [0.15, 0.2) is 18.2 Å². The quantitative estimate of drug-likeness (QED) is 0.320. The van der Waals surface area contributed by atoms with E-state index in [0.717, 1.165) is 0 Å². The fourth-order valence-electron chi connectivity index (χ4n) is 5.11. The number of benzene rings is 1. The summed E-state index contributed by atoms with van der Waals surface area (Å²) >= 11 is 0. The molecule has 0 aromatic heterocycles. The molecule has 1 saturated heterocycles. The number of Topliss-reactive ketones (excluding diaryl/α,β-unsaturated/α-hetero) is 1. The SMILES string of the molecule is CCS(=O)(=O)N1CCN(C2(CCC(=O)c3ccc(C(F)(F)F)cc3C(F)(F)F)CCC(F)(F)CC2)CC1. The Hall–Kier alpha value is -1.80. The Morgan fingerprint density at radius 1 is 0.919 bits per heavy atom. The van der Waals surface area contributed by atoms with Gasteiger partial charge in [-0.05, 0) is 38.3 Å². The van der Waals surface area contributed by atoms with Crippen LogP contribution in [-0.2, 0) is 22.4 Å². The third-order valence-corrected chi connectivity index (χ3v) is 9.23. The number of sulfonamides is 1. The molecule has 0 N–H and O–H groups in total. The molecule has 210 valence electrons. The molecule has 1 aliphatic heterocycles. The van der Waals surface area contributed by atoms with E-state index < -0.39 is 75.6 Å². The topological polar surface area (TPSA) is 57.7 Å². The molecule has 1 saturated carbocycles. The van der Waals surface area contributed by atoms with Gasteiger partial charge in [-0.3, -0.25) is 9.69 Å². The van der Waals surface area contributed by atoms with Crippen LogP contribution in [0.3, 0.4) is 0 Å². The van der Waals surface area contributed by atoms with Crippen molar-refractivity contribution in [2.24, 2.45) is 0 Å². The van der Waals surface area contributed by atoms with Crippen LogP contribution in [0.1, 0.15) is 66.9 Å². The standard InChI is InChI=1S/C23H28F8N2O3S/c1-2-37(35,36)33-13-11-32(12-14-33)20(7-9-21(24,25)10-8-20)6-5-19(34)17-4-3-16(22(26,27)28)15-18(17)23(29,30)31/h3-4,15H,2,5-14H2,1H3. The number of nitrogens with zero attached hydrogens (tertiary/aromatic N) is 2. The highest BCUT2D eigenvalue weighted by Gasteiger charge is 2.48. The van der Waals surface area contributed by atoms with Crippen molar-refractivity contribution in [3.63, 3.8) is 0 Å². The van der Waals surface area contributed by atoms with Gasteiger partial charge < -0.3 is 0 Å². The van der Waals surface area contributed by atoms with Crippen molar-refractivity contribution in [1.29, 1.82) is 0 Å². The van der Waals surface area contributed by atoms with Crippen LogP contribution < -0.4 is 0 Å². The Bertz CT molecular complexity index is 1080. The van der Waals surface area contributed by atoms with Gasteiger partial charge in [0.2, 0.25) is 15.9 Å². The molecule has 5 nitrogen and oxygen atoms in total. The highest BCUT2D eigenvalue weighted by atomic mass is 32.2. The summed E-state index contributed by atoms with van der Waals surface area (Å²) in [5.41, 5.74) is -5.11. The zero-order chi connectivity index (χ0) is 27.9. The molecule has 0 bridgehead atoms. The zero-order valence-corrected chi connectivity index (χ0v) is 20.9. The minimum absolute atomic E-state index is 0.0487. The number of rotatable bonds is 7. The summed E-state index contributed by atoms with van der Waals surface area (Å²) in [6, 6.07) is 0.814. The van der Waals surface area contributed by atoms with E-state index in [1.165, 1.54) is 11.2 Å². The number of carbonyl (C=O) groups is 1. The first-order chi connectivity index (χ1) is 16.9. The molecule has 0 radical (unpaired) electrons. The molecule has 1 aromatic carbocycles. The first-order valence-electron chi connectivity index (χ1n) is 11.8. The summed E-state index contributed by atoms with van der Waals surface area (Å²) in [7, 11) is -3.46. The number of halogens is 8. The molecular weight excluding hydrogens is 536 g/mol. The van der Waals surface area contributed by atoms with Crippen molar-refractivity contribution in [2.45, 2.75) is 69.3 Å². The molecule has 0 unspecified atom stereocenters. The Labute approximate surface area is 209 Å². The molecule has 37 heavy (non-hydrogen) atoms. The number of carbonyl (C=O) groups excluding carboxylic acids is 1. The number of ketones is 1. The highest BCUT2D eigenvalue weighted by molar-refractivity contribution is 7.89. The predicted molar refractivity (Wildman–Crippen MR) is 119 cm³/mol. The zero-order valence-electron chi connectivity index (χ0n) is 20.1. The Kier molecular flexibility index (Phi) is 8.36. The first kappa shape index (κ1) is 29.8. The second-order valence-corrected chi connectivity index (χ2v) is 11.8. The lowest BCUT2D eigenvalue weighted by Gasteiger charge is -2.51. The molecule has 2 aliphatic rings. The molecule has 0 spiro atoms. The molecule has 14 heteroatoms. The van der Waals surface area contributed by atoms with Crippen LogP contribution in [0, 0.1) is 0 Å². The lowest BCUT2D eigenvalue weighted by Crippen LogP contribution is -2.60. The summed E-state index contributed by atoms with van der Waals surface area (Å²) in [4.78, 5) is 14.7. The molecule has 1 aromatic rings. The Morgan fingerprint density at radius 3 is 1.97 bits per heavy atom. The first-order valence-corrected chi connectivity index (χ1v) is 13.4. The third kappa shape index (κ3) is 6.80. The molecule has 1 aliphatic carbocycles. The van der Waals surface area contributed by atoms with E-state index in [1.807, 2.05) is 4.90 Å². The maximum atomic E-state index is 14.0. The van der Waals surface area contributed by atoms with Crippen molar-refractivity contribution in [3.05, 3.63) is 34.9 Å². The summed E-state index contributed by atoms with van der Waals surface area (Å²) in [6.45, 7) is 2.12. The minimum Gasteiger partial charge on any atom is -0.295 e. The van der Waals surface area contributed by atoms with Crippen LogP contribution in [0.4, 0.5) is 35.1 Å². The maximum absolute atomic E-state index is 14.0. The fraction of sp³-hybridized carbons (Fsp3) is 0.696. The van der Waals surface area contributed by atoms with Crippen molar-refractivity contribution in [1.82, 2.24) is 9.21 Å². The van der Waals surface area contributed by atoms with Gasteiger partial charge in [0.1, 0.15) is 0 Å². The van der Waals surface area contributed by atoms with Crippen LogP contribution in [0.2, 0.25) is 0 Å². The smallest absolute Gasteiger partial charge is 0.295 e. The van der Waals surface area contributed by atoms with E-state index in [-0.39, 0.29) is 57.3 Å². The van der Waals surface area contributed by atoms with Crippen molar-refractivity contribution >= 4 is 15.8 Å². The van der Waals surface area contributed by atoms with Crippen LogP contribution in [0.5, 0.6) is 0 Å². The van der Waals surface area contributed by atoms with Gasteiger partial charge in [-0.2, -0.15) is 30.6 Å². The Balaban J connectivity index is 1.83. The normalized spacial score (nSPS) is 21.6. The van der Waals surface area contributed by atoms with E-state index in [0.29, 0.717) is 12.1 Å². The predicted octanol–water partition coefficient (Wildman–Crippen LogP) is 5.60. The summed E-state index contributed by atoms with van der Waals surface area (Å²) in [5.74, 6) is -4.07. The van der Waals surface area contributed by atoms with Gasteiger partial charge >= 0.3 is 12.4 Å². The van der Waals surface area contributed by atoms with Crippen molar-refractivity contribution < 1.29 is 48.3 Å². The Morgan fingerprint density at radius 2 is 1.49 bits per heavy atom. The van der Waals surface area contributed by atoms with Gasteiger partial charge in [-0.15, -0.1) is 0 Å². The van der Waals surface area contributed by atoms with E-state index in [1.54, 1.807) is 0 Å². The summed E-state index contributed by atoms with van der Waals surface area (Å²) < 4.78 is 133. The highest BCUT2D eigenvalue weighted by Crippen LogP contribution is 2.45.